The third-order valence-corrected chi connectivity index (χ3v) is 13.0. The average molecular weight is 575 g/mol. The molecule has 5 rings (SSSR count). The third kappa shape index (κ3) is 4.70. The predicted molar refractivity (Wildman–Crippen MR) is 164 cm³/mol. The number of carboxylic acids is 1. The van der Waals surface area contributed by atoms with Crippen LogP contribution in [0.3, 0.4) is 0 Å². The number of ether oxygens (including phenoxy) is 1. The maximum atomic E-state index is 14.4. The highest BCUT2D eigenvalue weighted by Gasteiger charge is 2.68. The normalized spacial score (nSPS) is 41.0. The monoisotopic (exact) mass is 574 g/mol. The minimum Gasteiger partial charge on any atom is -0.481 e. The fourth-order valence-electron chi connectivity index (χ4n) is 10.2. The van der Waals surface area contributed by atoms with E-state index in [4.69, 9.17) is 4.74 Å². The highest BCUT2D eigenvalue weighted by atomic mass is 16.5. The second-order valence-corrected chi connectivity index (χ2v) is 15.6. The highest BCUT2D eigenvalue weighted by molar-refractivity contribution is 5.96. The van der Waals surface area contributed by atoms with Gasteiger partial charge in [-0.2, -0.15) is 0 Å². The number of hydrogen-bond donors (Lipinski definition) is 1. The van der Waals surface area contributed by atoms with E-state index in [9.17, 15) is 19.5 Å². The van der Waals surface area contributed by atoms with E-state index in [2.05, 4.69) is 41.2 Å². The van der Waals surface area contributed by atoms with Crippen LogP contribution in [-0.4, -0.2) is 22.8 Å². The first-order chi connectivity index (χ1) is 19.6. The van der Waals surface area contributed by atoms with Gasteiger partial charge in [-0.15, -0.1) is 0 Å². The Morgan fingerprint density at radius 3 is 2.31 bits per heavy atom. The Balaban J connectivity index is 1.50. The number of rotatable bonds is 7. The van der Waals surface area contributed by atoms with Gasteiger partial charge in [0, 0.05) is 12.3 Å². The molecule has 1 aromatic carbocycles. The Morgan fingerprint density at radius 1 is 1.00 bits per heavy atom. The van der Waals surface area contributed by atoms with Crippen LogP contribution in [-0.2, 0) is 25.7 Å². The molecule has 0 amide bonds. The number of esters is 1. The van der Waals surface area contributed by atoms with Gasteiger partial charge in [-0.3, -0.25) is 14.4 Å². The molecule has 5 heteroatoms. The maximum Gasteiger partial charge on any atom is 0.312 e. The van der Waals surface area contributed by atoms with Crippen molar-refractivity contribution in [1.82, 2.24) is 0 Å². The zero-order valence-corrected chi connectivity index (χ0v) is 26.6. The molecule has 0 aliphatic heterocycles. The first-order valence-electron chi connectivity index (χ1n) is 15.9. The summed E-state index contributed by atoms with van der Waals surface area (Å²) >= 11 is 0. The van der Waals surface area contributed by atoms with Gasteiger partial charge < -0.3 is 9.84 Å². The van der Waals surface area contributed by atoms with Crippen molar-refractivity contribution >= 4 is 17.7 Å². The molecule has 228 valence electrons. The maximum absolute atomic E-state index is 14.4. The largest absolute Gasteiger partial charge is 0.481 e. The van der Waals surface area contributed by atoms with Crippen molar-refractivity contribution in [2.24, 2.45) is 44.8 Å². The molecule has 0 aromatic heterocycles. The van der Waals surface area contributed by atoms with Crippen LogP contribution in [0, 0.1) is 44.8 Å². The van der Waals surface area contributed by atoms with Gasteiger partial charge >= 0.3 is 11.9 Å². The fourth-order valence-corrected chi connectivity index (χ4v) is 10.2. The zero-order chi connectivity index (χ0) is 30.7. The van der Waals surface area contributed by atoms with Gasteiger partial charge in [0.1, 0.15) is 6.61 Å². The summed E-state index contributed by atoms with van der Waals surface area (Å²) in [5.74, 6) is -0.830. The van der Waals surface area contributed by atoms with E-state index in [1.165, 1.54) is 5.57 Å². The average Bonchev–Trinajstić information content (AvgIpc) is 2.93. The Bertz CT molecular complexity index is 1310. The summed E-state index contributed by atoms with van der Waals surface area (Å²) in [6.45, 7) is 17.9. The van der Waals surface area contributed by atoms with Crippen molar-refractivity contribution in [3.8, 4) is 0 Å². The van der Waals surface area contributed by atoms with E-state index in [1.807, 2.05) is 43.3 Å². The molecule has 3 fully saturated rings. The topological polar surface area (TPSA) is 80.7 Å². The molecule has 8 atom stereocenters. The van der Waals surface area contributed by atoms with Crippen LogP contribution >= 0.6 is 0 Å². The molecule has 0 bridgehead atoms. The van der Waals surface area contributed by atoms with Gasteiger partial charge in [0.05, 0.1) is 5.41 Å². The second-order valence-electron chi connectivity index (χ2n) is 15.6. The standard InChI is InChI=1S/C37H50O5/c1-24(2)26-13-16-37(7)31(35(26,5)15-14-30(39)40)29(38)21-27-28-22-34(4,18-17-33(28,3)19-20-36(27,37)6)32(41)42-23-25-11-9-8-10-12-25/h8-12,21,26,28,31H,1,13-20,22-23H2,2-7H3,(H,39,40)/t26-,28-,31+,33+,34-,35-,36+,37+/m0/s1. The molecule has 4 aliphatic carbocycles. The fraction of sp³-hybridized carbons (Fsp3) is 0.649. The number of carbonyl (C=O) groups is 3. The molecule has 4 aliphatic rings. The van der Waals surface area contributed by atoms with Crippen LogP contribution in [0.15, 0.2) is 54.1 Å². The lowest BCUT2D eigenvalue weighted by Gasteiger charge is -2.68. The summed E-state index contributed by atoms with van der Waals surface area (Å²) in [6.07, 6.45) is 8.81. The lowest BCUT2D eigenvalue weighted by Crippen LogP contribution is -2.63. The number of allylic oxidation sites excluding steroid dienone is 3. The molecule has 0 unspecified atom stereocenters. The second kappa shape index (κ2) is 10.5. The van der Waals surface area contributed by atoms with Gasteiger partial charge in [0.2, 0.25) is 0 Å². The molecule has 0 heterocycles. The molecular weight excluding hydrogens is 524 g/mol. The predicted octanol–water partition coefficient (Wildman–Crippen LogP) is 8.33. The smallest absolute Gasteiger partial charge is 0.312 e. The van der Waals surface area contributed by atoms with Crippen LogP contribution in [0.25, 0.3) is 0 Å². The third-order valence-electron chi connectivity index (χ3n) is 13.0. The SMILES string of the molecule is C=C(C)[C@@H]1CC[C@]2(C)[C@H](C(=O)C=C3[C@@H]4C[C@@](C)(C(=O)OCc5ccccc5)CC[C@]4(C)CC[C@]32C)[C@@]1(C)CCC(=O)O. The summed E-state index contributed by atoms with van der Waals surface area (Å²) in [5.41, 5.74) is 1.73. The van der Waals surface area contributed by atoms with Crippen LogP contribution in [0.1, 0.15) is 105 Å². The van der Waals surface area contributed by atoms with Gasteiger partial charge in [-0.25, -0.2) is 0 Å². The Kier molecular flexibility index (Phi) is 7.68. The van der Waals surface area contributed by atoms with Gasteiger partial charge in [-0.1, -0.05) is 75.8 Å². The van der Waals surface area contributed by atoms with Crippen LogP contribution < -0.4 is 0 Å². The summed E-state index contributed by atoms with van der Waals surface area (Å²) in [7, 11) is 0. The van der Waals surface area contributed by atoms with E-state index in [-0.39, 0.29) is 58.8 Å². The van der Waals surface area contributed by atoms with Crippen molar-refractivity contribution in [2.45, 2.75) is 106 Å². The minimum atomic E-state index is -0.816. The minimum absolute atomic E-state index is 0.0373. The number of carboxylic acid groups (broad SMARTS) is 1. The number of fused-ring (bicyclic) bond motifs is 5. The van der Waals surface area contributed by atoms with Crippen LogP contribution in [0.2, 0.25) is 0 Å². The molecule has 5 nitrogen and oxygen atoms in total. The highest BCUT2D eigenvalue weighted by Crippen LogP contribution is 2.73. The zero-order valence-electron chi connectivity index (χ0n) is 26.6. The van der Waals surface area contributed by atoms with Gasteiger partial charge in [0.25, 0.3) is 0 Å². The molecule has 1 aromatic rings. The Hall–Kier alpha value is -2.69. The van der Waals surface area contributed by atoms with E-state index >= 15 is 0 Å². The lowest BCUT2D eigenvalue weighted by molar-refractivity contribution is -0.170. The quantitative estimate of drug-likeness (QED) is 0.262. The van der Waals surface area contributed by atoms with Gasteiger partial charge in [-0.05, 0) is 110 Å². The van der Waals surface area contributed by atoms with Crippen molar-refractivity contribution in [3.05, 3.63) is 59.7 Å². The van der Waals surface area contributed by atoms with E-state index in [1.54, 1.807) is 0 Å². The number of hydrogen-bond acceptors (Lipinski definition) is 4. The number of ketones is 1. The molecule has 1 N–H and O–H groups in total. The summed E-state index contributed by atoms with van der Waals surface area (Å²) < 4.78 is 5.90. The van der Waals surface area contributed by atoms with Crippen molar-refractivity contribution in [1.29, 1.82) is 0 Å². The van der Waals surface area contributed by atoms with E-state index in [0.717, 1.165) is 49.7 Å². The van der Waals surface area contributed by atoms with Crippen molar-refractivity contribution in [3.63, 3.8) is 0 Å². The number of carbonyl (C=O) groups excluding carboxylic acids is 2. The molecular formula is C37H50O5. The van der Waals surface area contributed by atoms with E-state index in [0.29, 0.717) is 12.8 Å². The van der Waals surface area contributed by atoms with Crippen LogP contribution in [0.4, 0.5) is 0 Å². The summed E-state index contributed by atoms with van der Waals surface area (Å²) in [4.78, 5) is 39.8. The molecule has 0 saturated heterocycles. The lowest BCUT2D eigenvalue weighted by atomic mass is 9.35. The van der Waals surface area contributed by atoms with E-state index < -0.39 is 16.8 Å². The molecule has 0 radical (unpaired) electrons. The molecule has 3 saturated carbocycles. The molecule has 42 heavy (non-hydrogen) atoms. The molecule has 0 spiro atoms. The number of benzene rings is 1. The Morgan fingerprint density at radius 2 is 1.67 bits per heavy atom. The first kappa shape index (κ1) is 30.8. The van der Waals surface area contributed by atoms with Crippen molar-refractivity contribution < 1.29 is 24.2 Å². The van der Waals surface area contributed by atoms with Crippen LogP contribution in [0.5, 0.6) is 0 Å². The van der Waals surface area contributed by atoms with Gasteiger partial charge in [0.15, 0.2) is 5.78 Å². The summed E-state index contributed by atoms with van der Waals surface area (Å²) in [6, 6.07) is 9.82. The number of aliphatic carboxylic acids is 1. The first-order valence-corrected chi connectivity index (χ1v) is 15.9. The summed E-state index contributed by atoms with van der Waals surface area (Å²) in [5, 5.41) is 9.65. The van der Waals surface area contributed by atoms with Crippen molar-refractivity contribution in [2.75, 3.05) is 0 Å². The Labute approximate surface area is 252 Å².